The van der Waals surface area contributed by atoms with E-state index in [0.717, 1.165) is 70.5 Å². The minimum atomic E-state index is 0. The third-order valence-corrected chi connectivity index (χ3v) is 9.60. The molecule has 254 valence electrons. The van der Waals surface area contributed by atoms with Crippen LogP contribution >= 0.6 is 48.0 Å². The summed E-state index contributed by atoms with van der Waals surface area (Å²) in [6.45, 7) is 0. The lowest BCUT2D eigenvalue weighted by Gasteiger charge is -2.15. The summed E-state index contributed by atoms with van der Waals surface area (Å²) in [4.78, 5) is 13.9. The predicted octanol–water partition coefficient (Wildman–Crippen LogP) is 9.25. The lowest BCUT2D eigenvalue weighted by molar-refractivity contribution is 0.758. The molecule has 0 unspecified atom stereocenters. The molecule has 0 spiro atoms. The van der Waals surface area contributed by atoms with Crippen molar-refractivity contribution < 1.29 is 0 Å². The van der Waals surface area contributed by atoms with Crippen molar-refractivity contribution in [3.8, 4) is 0 Å². The van der Waals surface area contributed by atoms with Crippen LogP contribution in [0.4, 0.5) is 23.0 Å². The van der Waals surface area contributed by atoms with Crippen LogP contribution in [0, 0.1) is 0 Å². The van der Waals surface area contributed by atoms with E-state index in [2.05, 4.69) is 81.6 Å². The number of thioether (sulfide) groups is 1. The number of halogens is 1. The zero-order valence-corrected chi connectivity index (χ0v) is 31.6. The molecule has 0 aliphatic heterocycles. The van der Waals surface area contributed by atoms with Crippen molar-refractivity contribution in [2.75, 3.05) is 22.2 Å². The van der Waals surface area contributed by atoms with Gasteiger partial charge < -0.3 is 27.4 Å². The first-order chi connectivity index (χ1) is 23.9. The number of anilines is 3. The molecule has 0 fully saturated rings. The average Bonchev–Trinajstić information content (AvgIpc) is 3.72. The van der Waals surface area contributed by atoms with Crippen LogP contribution in [-0.4, -0.2) is 26.5 Å². The van der Waals surface area contributed by atoms with Gasteiger partial charge in [-0.05, 0) is 127 Å². The molecular weight excluding hydrogens is 772 g/mol. The summed E-state index contributed by atoms with van der Waals surface area (Å²) >= 11 is 6.32. The second-order valence-corrected chi connectivity index (χ2v) is 13.5. The number of nitrogens with zero attached hydrogens (tertiary/aromatic N) is 3. The zero-order valence-electron chi connectivity index (χ0n) is 27.6. The lowest BCUT2D eigenvalue weighted by atomic mass is 10.1. The number of thiocarbonyl (C=S) groups is 1. The van der Waals surface area contributed by atoms with Crippen LogP contribution < -0.4 is 27.4 Å². The number of hydrogen-bond donors (Lipinski definition) is 5. The highest BCUT2D eigenvalue weighted by molar-refractivity contribution is 14.0. The van der Waals surface area contributed by atoms with E-state index in [1.54, 1.807) is 0 Å². The minimum Gasteiger partial charge on any atom is -0.378 e. The number of rotatable bonds is 6. The number of hydrogen-bond acceptors (Lipinski definition) is 7. The summed E-state index contributed by atoms with van der Waals surface area (Å²) in [5.41, 5.74) is 20.6. The van der Waals surface area contributed by atoms with Crippen molar-refractivity contribution in [3.63, 3.8) is 0 Å². The first kappa shape index (κ1) is 35.4. The topological polar surface area (TPSA) is 126 Å². The molecule has 0 bridgehead atoms. The van der Waals surface area contributed by atoms with E-state index in [9.17, 15) is 0 Å². The van der Waals surface area contributed by atoms with Gasteiger partial charge in [0.05, 0.1) is 28.8 Å². The van der Waals surface area contributed by atoms with E-state index in [4.69, 9.17) is 33.7 Å². The van der Waals surface area contributed by atoms with E-state index >= 15 is 0 Å². The summed E-state index contributed by atoms with van der Waals surface area (Å²) in [7, 11) is 0. The highest BCUT2D eigenvalue weighted by Gasteiger charge is 2.23. The third kappa shape index (κ3) is 8.28. The first-order valence-corrected chi connectivity index (χ1v) is 18.0. The van der Waals surface area contributed by atoms with Crippen LogP contribution in [0.15, 0.2) is 114 Å². The molecule has 7 N–H and O–H groups in total. The maximum atomic E-state index is 5.79. The molecule has 0 saturated carbocycles. The Labute approximate surface area is 319 Å². The van der Waals surface area contributed by atoms with Crippen LogP contribution in [0.5, 0.6) is 0 Å². The molecule has 2 aliphatic carbocycles. The van der Waals surface area contributed by atoms with Crippen LogP contribution in [0.25, 0.3) is 21.8 Å². The molecule has 2 aromatic heterocycles. The lowest BCUT2D eigenvalue weighted by Crippen LogP contribution is -2.18. The fraction of sp³-hybridized carbons (Fsp3) is 0.179. The number of aryl methyl sites for hydroxylation is 2. The number of benzene rings is 4. The molecular formula is C39H39IN8S2. The van der Waals surface area contributed by atoms with Gasteiger partial charge in [-0.1, -0.05) is 60.3 Å². The average molecular weight is 811 g/mol. The van der Waals surface area contributed by atoms with Gasteiger partial charge in [0.15, 0.2) is 10.3 Å². The quantitative estimate of drug-likeness (QED) is 0.0485. The molecule has 2 heterocycles. The Morgan fingerprint density at radius 1 is 0.720 bits per heavy atom. The number of pyridine rings is 2. The normalized spacial score (nSPS) is 16.1. The number of aliphatic imine (C=N–C) groups is 1. The molecule has 0 amide bonds. The Hall–Kier alpha value is -4.46. The molecule has 0 saturated heterocycles. The van der Waals surface area contributed by atoms with E-state index in [1.165, 1.54) is 34.0 Å². The van der Waals surface area contributed by atoms with Crippen molar-refractivity contribution in [2.24, 2.45) is 16.5 Å². The highest BCUT2D eigenvalue weighted by Crippen LogP contribution is 2.35. The van der Waals surface area contributed by atoms with E-state index in [0.29, 0.717) is 17.3 Å². The van der Waals surface area contributed by atoms with Gasteiger partial charge >= 0.3 is 0 Å². The van der Waals surface area contributed by atoms with Gasteiger partial charge in [-0.3, -0.25) is 0 Å². The molecule has 8 rings (SSSR count). The minimum absolute atomic E-state index is 0. The molecule has 2 aliphatic rings. The second-order valence-electron chi connectivity index (χ2n) is 12.2. The Morgan fingerprint density at radius 2 is 1.26 bits per heavy atom. The van der Waals surface area contributed by atoms with Crippen LogP contribution in [0.1, 0.15) is 47.2 Å². The van der Waals surface area contributed by atoms with Gasteiger partial charge in [-0.15, -0.1) is 24.0 Å². The van der Waals surface area contributed by atoms with Crippen LogP contribution in [0.3, 0.4) is 0 Å². The molecule has 2 atom stereocenters. The van der Waals surface area contributed by atoms with Crippen molar-refractivity contribution >= 4 is 103 Å². The van der Waals surface area contributed by atoms with Crippen LogP contribution in [0.2, 0.25) is 0 Å². The number of amidine groups is 1. The number of nitrogens with one attached hydrogen (secondary N) is 3. The smallest absolute Gasteiger partial charge is 0.168 e. The Balaban J connectivity index is 0.000000170. The molecule has 50 heavy (non-hydrogen) atoms. The fourth-order valence-corrected chi connectivity index (χ4v) is 6.95. The summed E-state index contributed by atoms with van der Waals surface area (Å²) in [6, 6.07) is 38.0. The highest BCUT2D eigenvalue weighted by atomic mass is 127. The van der Waals surface area contributed by atoms with Crippen LogP contribution in [-0.2, 0) is 12.8 Å². The summed E-state index contributed by atoms with van der Waals surface area (Å²) < 4.78 is 0. The van der Waals surface area contributed by atoms with Crippen molar-refractivity contribution in [2.45, 2.75) is 37.8 Å². The maximum Gasteiger partial charge on any atom is 0.168 e. The first-order valence-electron chi connectivity index (χ1n) is 16.4. The summed E-state index contributed by atoms with van der Waals surface area (Å²) in [6.07, 6.45) is 6.38. The van der Waals surface area contributed by atoms with Gasteiger partial charge in [-0.2, -0.15) is 0 Å². The number of nitrogens with two attached hydrogens (primary N) is 2. The van der Waals surface area contributed by atoms with Gasteiger partial charge in [0.1, 0.15) is 11.6 Å². The van der Waals surface area contributed by atoms with Crippen molar-refractivity contribution in [1.82, 2.24) is 9.97 Å². The van der Waals surface area contributed by atoms with E-state index in [-0.39, 0.29) is 29.1 Å². The van der Waals surface area contributed by atoms with Gasteiger partial charge in [-0.25, -0.2) is 15.0 Å². The monoisotopic (exact) mass is 810 g/mol. The Morgan fingerprint density at radius 3 is 1.82 bits per heavy atom. The fourth-order valence-electron chi connectivity index (χ4n) is 6.63. The van der Waals surface area contributed by atoms with Crippen molar-refractivity contribution in [1.29, 1.82) is 0 Å². The largest absolute Gasteiger partial charge is 0.378 e. The van der Waals surface area contributed by atoms with Gasteiger partial charge in [0.25, 0.3) is 0 Å². The standard InChI is InChI=1S/C20H20N4S.C19H18N4S.HI/c1-25-20(21)22-15-8-10-17-14(12-15)7-11-19(23-17)24-18-9-6-13-4-2-3-5-16(13)18;20-19(24)21-14-7-9-16-13(11-14)6-10-18(22-16)23-17-8-5-12-3-1-2-4-15(12)17;/h2-5,7-8,10-12,18H,6,9H2,1H3,(H2,21,22)(H,23,24);1-4,6-7,9-11,17H,5,8H2,(H,22,23)(H3,20,21,24);1H/t18-;17-;/m11./s1. The predicted molar refractivity (Wildman–Crippen MR) is 226 cm³/mol. The maximum absolute atomic E-state index is 5.79. The summed E-state index contributed by atoms with van der Waals surface area (Å²) in [5.74, 6) is 1.81. The van der Waals surface area contributed by atoms with Gasteiger partial charge in [0.2, 0.25) is 0 Å². The van der Waals surface area contributed by atoms with E-state index < -0.39 is 0 Å². The van der Waals surface area contributed by atoms with Crippen molar-refractivity contribution in [3.05, 3.63) is 131 Å². The molecule has 8 nitrogen and oxygen atoms in total. The summed E-state index contributed by atoms with van der Waals surface area (Å²) in [5, 5.41) is 13.0. The zero-order chi connectivity index (χ0) is 33.7. The molecule has 6 aromatic rings. The third-order valence-electron chi connectivity index (χ3n) is 8.99. The van der Waals surface area contributed by atoms with E-state index in [1.807, 2.05) is 54.8 Å². The van der Waals surface area contributed by atoms with Gasteiger partial charge in [0, 0.05) is 16.5 Å². The molecule has 11 heteroatoms. The second kappa shape index (κ2) is 16.0. The number of aromatic nitrogens is 2. The SMILES string of the molecule is CSC(N)=Nc1ccc2nc(N[C@@H]3CCc4ccccc43)ccc2c1.I.NC(=S)Nc1ccc2nc(N[C@@H]3CCc4ccccc43)ccc2c1. The Kier molecular flexibility index (Phi) is 11.4. The number of fused-ring (bicyclic) bond motifs is 4. The molecule has 0 radical (unpaired) electrons. The Bertz CT molecular complexity index is 2190. The molecule has 4 aromatic carbocycles.